The van der Waals surface area contributed by atoms with Gasteiger partial charge in [0.25, 0.3) is 0 Å². The van der Waals surface area contributed by atoms with E-state index in [0.29, 0.717) is 11.3 Å². The number of hydrogen-bond acceptors (Lipinski definition) is 6. The number of nitrogens with two attached hydrogens (primary N) is 1. The molecule has 0 spiro atoms. The number of ketones is 1. The van der Waals surface area contributed by atoms with Crippen LogP contribution in [-0.2, 0) is 19.0 Å². The summed E-state index contributed by atoms with van der Waals surface area (Å²) in [5.74, 6) is -1.09. The van der Waals surface area contributed by atoms with E-state index >= 15 is 0 Å². The van der Waals surface area contributed by atoms with Gasteiger partial charge in [0.2, 0.25) is 5.88 Å². The molecule has 0 saturated heterocycles. The van der Waals surface area contributed by atoms with Crippen molar-refractivity contribution in [3.8, 4) is 0 Å². The largest absolute Gasteiger partial charge is 0.513 e. The van der Waals surface area contributed by atoms with E-state index in [0.717, 1.165) is 7.11 Å². The van der Waals surface area contributed by atoms with Crippen molar-refractivity contribution < 1.29 is 23.8 Å². The lowest BCUT2D eigenvalue weighted by Gasteiger charge is -2.29. The Morgan fingerprint density at radius 2 is 1.96 bits per heavy atom. The van der Waals surface area contributed by atoms with E-state index < -0.39 is 12.1 Å². The number of halogens is 2. The van der Waals surface area contributed by atoms with Gasteiger partial charge in [0.1, 0.15) is 5.76 Å². The van der Waals surface area contributed by atoms with Crippen molar-refractivity contribution in [3.05, 3.63) is 56.8 Å². The fourth-order valence-corrected chi connectivity index (χ4v) is 2.90. The normalized spacial score (nSPS) is 17.5. The first-order valence-corrected chi connectivity index (χ1v) is 7.62. The van der Waals surface area contributed by atoms with Crippen molar-refractivity contribution in [1.82, 2.24) is 0 Å². The van der Waals surface area contributed by atoms with Gasteiger partial charge in [-0.15, -0.1) is 0 Å². The fraction of sp³-hybridized carbons (Fsp3) is 0.250. The molecule has 1 heterocycles. The van der Waals surface area contributed by atoms with Crippen molar-refractivity contribution >= 4 is 35.1 Å². The lowest BCUT2D eigenvalue weighted by atomic mass is 9.85. The average molecular weight is 372 g/mol. The van der Waals surface area contributed by atoms with Gasteiger partial charge in [-0.25, -0.2) is 4.79 Å². The van der Waals surface area contributed by atoms with Gasteiger partial charge in [-0.3, -0.25) is 4.79 Å². The molecular formula is C16H15Cl2NO5. The van der Waals surface area contributed by atoms with Gasteiger partial charge in [0, 0.05) is 5.57 Å². The zero-order valence-electron chi connectivity index (χ0n) is 13.2. The van der Waals surface area contributed by atoms with E-state index in [2.05, 4.69) is 4.74 Å². The van der Waals surface area contributed by atoms with Crippen LogP contribution in [0.25, 0.3) is 0 Å². The molecule has 0 amide bonds. The minimum Gasteiger partial charge on any atom is -0.442 e. The first kappa shape index (κ1) is 18.2. The van der Waals surface area contributed by atoms with Crippen LogP contribution in [0.2, 0.25) is 10.0 Å². The number of allylic oxidation sites excluding steroid dienone is 2. The van der Waals surface area contributed by atoms with Gasteiger partial charge in [-0.1, -0.05) is 35.3 Å². The number of hydrogen-bond donors (Lipinski definition) is 1. The topological polar surface area (TPSA) is 87.8 Å². The van der Waals surface area contributed by atoms with E-state index in [-0.39, 0.29) is 33.0 Å². The Morgan fingerprint density at radius 3 is 2.54 bits per heavy atom. The molecular weight excluding hydrogens is 357 g/mol. The lowest BCUT2D eigenvalue weighted by molar-refractivity contribution is -0.114. The first-order chi connectivity index (χ1) is 11.3. The molecule has 24 heavy (non-hydrogen) atoms. The predicted molar refractivity (Wildman–Crippen MR) is 88.4 cm³/mol. The summed E-state index contributed by atoms with van der Waals surface area (Å²) < 4.78 is 15.0. The van der Waals surface area contributed by atoms with Crippen LogP contribution in [0.1, 0.15) is 25.3 Å². The molecule has 2 rings (SSSR count). The smallest absolute Gasteiger partial charge is 0.442 e. The third kappa shape index (κ3) is 3.34. The molecule has 0 fully saturated rings. The molecule has 1 aliphatic heterocycles. The SMILES string of the molecule is COC(=O)OC1=C(N)OC(C)=C(C(C)=O)C1c1cccc(Cl)c1Cl. The molecule has 0 aromatic heterocycles. The molecule has 6 nitrogen and oxygen atoms in total. The number of ether oxygens (including phenoxy) is 3. The summed E-state index contributed by atoms with van der Waals surface area (Å²) >= 11 is 12.4. The Hall–Kier alpha value is -2.18. The predicted octanol–water partition coefficient (Wildman–Crippen LogP) is 3.88. The van der Waals surface area contributed by atoms with Gasteiger partial charge in [-0.05, 0) is 25.5 Å². The quantitative estimate of drug-likeness (QED) is 0.811. The van der Waals surface area contributed by atoms with Crippen molar-refractivity contribution in [1.29, 1.82) is 0 Å². The summed E-state index contributed by atoms with van der Waals surface area (Å²) in [4.78, 5) is 23.7. The Morgan fingerprint density at radius 1 is 1.29 bits per heavy atom. The molecule has 1 aliphatic rings. The highest BCUT2D eigenvalue weighted by atomic mass is 35.5. The van der Waals surface area contributed by atoms with Crippen LogP contribution < -0.4 is 5.73 Å². The summed E-state index contributed by atoms with van der Waals surface area (Å²) in [7, 11) is 1.15. The molecule has 0 bridgehead atoms. The summed E-state index contributed by atoms with van der Waals surface area (Å²) in [6.07, 6.45) is -0.998. The maximum Gasteiger partial charge on any atom is 0.513 e. The molecule has 0 radical (unpaired) electrons. The van der Waals surface area contributed by atoms with Crippen molar-refractivity contribution in [2.24, 2.45) is 5.73 Å². The number of methoxy groups -OCH3 is 1. The second-order valence-electron chi connectivity index (χ2n) is 4.99. The molecule has 1 aromatic rings. The van der Waals surface area contributed by atoms with E-state index in [1.54, 1.807) is 25.1 Å². The highest BCUT2D eigenvalue weighted by Crippen LogP contribution is 2.44. The summed E-state index contributed by atoms with van der Waals surface area (Å²) in [5.41, 5.74) is 6.57. The van der Waals surface area contributed by atoms with E-state index in [9.17, 15) is 9.59 Å². The molecule has 1 atom stereocenters. The number of carbonyl (C=O) groups is 2. The van der Waals surface area contributed by atoms with Crippen LogP contribution in [0, 0.1) is 0 Å². The minimum atomic E-state index is -0.998. The summed E-state index contributed by atoms with van der Waals surface area (Å²) in [6.45, 7) is 2.95. The first-order valence-electron chi connectivity index (χ1n) is 6.86. The van der Waals surface area contributed by atoms with Crippen LogP contribution in [0.3, 0.4) is 0 Å². The van der Waals surface area contributed by atoms with Crippen LogP contribution in [0.4, 0.5) is 4.79 Å². The number of benzene rings is 1. The molecule has 8 heteroatoms. The van der Waals surface area contributed by atoms with E-state index in [1.165, 1.54) is 6.92 Å². The average Bonchev–Trinajstić information content (AvgIpc) is 2.51. The van der Waals surface area contributed by atoms with Crippen molar-refractivity contribution in [2.45, 2.75) is 19.8 Å². The molecule has 1 unspecified atom stereocenters. The number of Topliss-reactive ketones (excluding diaryl/α,β-unsaturated/α-hetero) is 1. The van der Waals surface area contributed by atoms with E-state index in [1.807, 2.05) is 0 Å². The highest BCUT2D eigenvalue weighted by Gasteiger charge is 2.37. The molecule has 2 N–H and O–H groups in total. The molecule has 128 valence electrons. The minimum absolute atomic E-state index is 0.0817. The maximum atomic E-state index is 12.1. The van der Waals surface area contributed by atoms with E-state index in [4.69, 9.17) is 38.4 Å². The Balaban J connectivity index is 2.68. The van der Waals surface area contributed by atoms with Gasteiger partial charge in [-0.2, -0.15) is 0 Å². The van der Waals surface area contributed by atoms with Gasteiger partial charge in [0.05, 0.1) is 23.1 Å². The van der Waals surface area contributed by atoms with Gasteiger partial charge in [0.15, 0.2) is 11.5 Å². The van der Waals surface area contributed by atoms with Crippen LogP contribution >= 0.6 is 23.2 Å². The fourth-order valence-electron chi connectivity index (χ4n) is 2.48. The van der Waals surface area contributed by atoms with Crippen molar-refractivity contribution in [2.75, 3.05) is 7.11 Å². The van der Waals surface area contributed by atoms with Gasteiger partial charge < -0.3 is 19.9 Å². The number of carbonyl (C=O) groups excluding carboxylic acids is 2. The van der Waals surface area contributed by atoms with Gasteiger partial charge >= 0.3 is 6.16 Å². The zero-order valence-corrected chi connectivity index (χ0v) is 14.7. The zero-order chi connectivity index (χ0) is 18.0. The van der Waals surface area contributed by atoms with Crippen molar-refractivity contribution in [3.63, 3.8) is 0 Å². The Bertz CT molecular complexity index is 770. The Kier molecular flexibility index (Phi) is 5.41. The summed E-state index contributed by atoms with van der Waals surface area (Å²) in [5, 5.41) is 0.508. The van der Waals surface area contributed by atoms with Crippen LogP contribution in [0.5, 0.6) is 0 Å². The monoisotopic (exact) mass is 371 g/mol. The molecule has 0 saturated carbocycles. The lowest BCUT2D eigenvalue weighted by Crippen LogP contribution is -2.26. The third-order valence-corrected chi connectivity index (χ3v) is 4.30. The second kappa shape index (κ2) is 7.15. The standard InChI is InChI=1S/C16H15Cl2NO5/c1-7(20)11-8(2)23-15(19)14(24-16(21)22-3)12(11)9-5-4-6-10(17)13(9)18/h4-6,12H,19H2,1-3H3. The third-order valence-electron chi connectivity index (χ3n) is 3.47. The van der Waals surface area contributed by atoms with Crippen LogP contribution in [0.15, 0.2) is 41.2 Å². The summed E-state index contributed by atoms with van der Waals surface area (Å²) in [6, 6.07) is 4.93. The maximum absolute atomic E-state index is 12.1. The van der Waals surface area contributed by atoms with Crippen LogP contribution in [-0.4, -0.2) is 19.0 Å². The Labute approximate surface area is 148 Å². The molecule has 0 aliphatic carbocycles. The highest BCUT2D eigenvalue weighted by molar-refractivity contribution is 6.42. The molecule has 1 aromatic carbocycles. The number of rotatable bonds is 3. The second-order valence-corrected chi connectivity index (χ2v) is 5.77.